The molecule has 2 N–H and O–H groups in total. The van der Waals surface area contributed by atoms with Crippen molar-refractivity contribution in [2.75, 3.05) is 0 Å². The van der Waals surface area contributed by atoms with Crippen molar-refractivity contribution in [3.05, 3.63) is 0 Å². The van der Waals surface area contributed by atoms with Crippen LogP contribution in [0.25, 0.3) is 0 Å². The van der Waals surface area contributed by atoms with Gasteiger partial charge in [0.25, 0.3) is 0 Å². The molecule has 0 heterocycles. The van der Waals surface area contributed by atoms with Gasteiger partial charge < -0.3 is 10.5 Å². The number of rotatable bonds is 0. The lowest BCUT2D eigenvalue weighted by Gasteiger charge is -2.14. The molecule has 0 aromatic rings. The Labute approximate surface area is 49.0 Å². The highest BCUT2D eigenvalue weighted by Crippen LogP contribution is 2.24. The van der Waals surface area contributed by atoms with Crippen LogP contribution in [0.15, 0.2) is 0 Å². The third kappa shape index (κ3) is 0.757. The van der Waals surface area contributed by atoms with E-state index in [2.05, 4.69) is 0 Å². The highest BCUT2D eigenvalue weighted by atomic mass is 16.3. The van der Waals surface area contributed by atoms with E-state index in [9.17, 15) is 5.11 Å². The summed E-state index contributed by atoms with van der Waals surface area (Å²) in [6.07, 6.45) is 2.53. The van der Waals surface area contributed by atoms with E-state index in [0.29, 0.717) is 5.71 Å². The van der Waals surface area contributed by atoms with Crippen LogP contribution in [0.5, 0.6) is 0 Å². The molecule has 46 valence electrons. The summed E-state index contributed by atoms with van der Waals surface area (Å²) < 4.78 is 0. The Morgan fingerprint density at radius 3 is 2.50 bits per heavy atom. The zero-order valence-electron chi connectivity index (χ0n) is 5.07. The molecule has 0 saturated heterocycles. The summed E-state index contributed by atoms with van der Waals surface area (Å²) >= 11 is 0. The number of nitrogens with one attached hydrogen (secondary N) is 1. The molecule has 0 radical (unpaired) electrons. The summed E-state index contributed by atoms with van der Waals surface area (Å²) in [5.41, 5.74) is -0.266. The average Bonchev–Trinajstić information content (AvgIpc) is 1.86. The Morgan fingerprint density at radius 2 is 2.38 bits per heavy atom. The fraction of sp³-hybridized carbons (Fsp3) is 0.833. The second-order valence-electron chi connectivity index (χ2n) is 2.61. The van der Waals surface area contributed by atoms with Crippen molar-refractivity contribution in [1.29, 1.82) is 5.41 Å². The molecule has 0 aliphatic heterocycles. The predicted molar refractivity (Wildman–Crippen MR) is 32.2 cm³/mol. The summed E-state index contributed by atoms with van der Waals surface area (Å²) in [5, 5.41) is 16.4. The van der Waals surface area contributed by atoms with E-state index in [1.54, 1.807) is 6.92 Å². The second kappa shape index (κ2) is 1.55. The van der Waals surface area contributed by atoms with Gasteiger partial charge in [0.15, 0.2) is 0 Å². The first-order valence-corrected chi connectivity index (χ1v) is 2.93. The molecule has 2 nitrogen and oxygen atoms in total. The van der Waals surface area contributed by atoms with Crippen LogP contribution in [-0.4, -0.2) is 16.4 Å². The quantitative estimate of drug-likeness (QED) is 0.482. The molecule has 2 heteroatoms. The number of aliphatic hydroxyl groups is 1. The zero-order valence-corrected chi connectivity index (χ0v) is 5.07. The van der Waals surface area contributed by atoms with Gasteiger partial charge in [0.05, 0.1) is 5.60 Å². The topological polar surface area (TPSA) is 44.1 Å². The standard InChI is InChI=1S/C6H11NO/c1-6(8)4-2-3-5(6)7/h7-8H,2-4H2,1H3. The third-order valence-electron chi connectivity index (χ3n) is 1.74. The second-order valence-corrected chi connectivity index (χ2v) is 2.61. The van der Waals surface area contributed by atoms with Gasteiger partial charge in [-0.2, -0.15) is 0 Å². The van der Waals surface area contributed by atoms with E-state index in [-0.39, 0.29) is 0 Å². The Hall–Kier alpha value is -0.370. The summed E-state index contributed by atoms with van der Waals surface area (Å²) in [6, 6.07) is 0. The van der Waals surface area contributed by atoms with Gasteiger partial charge >= 0.3 is 0 Å². The first-order valence-electron chi connectivity index (χ1n) is 2.93. The molecule has 0 aromatic heterocycles. The van der Waals surface area contributed by atoms with Crippen LogP contribution < -0.4 is 0 Å². The zero-order chi connectivity index (χ0) is 6.20. The van der Waals surface area contributed by atoms with E-state index in [1.165, 1.54) is 0 Å². The Morgan fingerprint density at radius 1 is 1.75 bits per heavy atom. The summed E-state index contributed by atoms with van der Waals surface area (Å²) in [6.45, 7) is 1.71. The summed E-state index contributed by atoms with van der Waals surface area (Å²) in [4.78, 5) is 0. The first kappa shape index (κ1) is 5.76. The van der Waals surface area contributed by atoms with Crippen LogP contribution in [0.3, 0.4) is 0 Å². The minimum Gasteiger partial charge on any atom is -0.384 e. The lowest BCUT2D eigenvalue weighted by atomic mass is 10.0. The molecular formula is C6H11NO. The number of hydrogen-bond acceptors (Lipinski definition) is 2. The van der Waals surface area contributed by atoms with Crippen molar-refractivity contribution >= 4 is 5.71 Å². The van der Waals surface area contributed by atoms with Gasteiger partial charge in [-0.25, -0.2) is 0 Å². The smallest absolute Gasteiger partial charge is 0.0991 e. The molecule has 1 atom stereocenters. The molecule has 1 aliphatic rings. The van der Waals surface area contributed by atoms with E-state index in [0.717, 1.165) is 19.3 Å². The van der Waals surface area contributed by atoms with Crippen LogP contribution in [0, 0.1) is 5.41 Å². The van der Waals surface area contributed by atoms with E-state index in [4.69, 9.17) is 5.41 Å². The maximum Gasteiger partial charge on any atom is 0.0991 e. The first-order chi connectivity index (χ1) is 3.63. The molecule has 1 rings (SSSR count). The van der Waals surface area contributed by atoms with Crippen molar-refractivity contribution in [3.63, 3.8) is 0 Å². The molecule has 0 amide bonds. The summed E-state index contributed by atoms with van der Waals surface area (Å²) in [5.74, 6) is 0. The van der Waals surface area contributed by atoms with Gasteiger partial charge in [-0.3, -0.25) is 0 Å². The Bertz CT molecular complexity index is 118. The molecule has 8 heavy (non-hydrogen) atoms. The average molecular weight is 113 g/mol. The van der Waals surface area contributed by atoms with Gasteiger partial charge in [0, 0.05) is 5.71 Å². The highest BCUT2D eigenvalue weighted by molar-refractivity contribution is 5.90. The predicted octanol–water partition coefficient (Wildman–Crippen LogP) is 0.941. The molecular weight excluding hydrogens is 102 g/mol. The lowest BCUT2D eigenvalue weighted by molar-refractivity contribution is 0.133. The maximum absolute atomic E-state index is 9.24. The fourth-order valence-electron chi connectivity index (χ4n) is 1.03. The van der Waals surface area contributed by atoms with Gasteiger partial charge in [0.2, 0.25) is 0 Å². The SMILES string of the molecule is CC1(O)CCCC1=N. The minimum absolute atomic E-state index is 0.498. The molecule has 1 fully saturated rings. The van der Waals surface area contributed by atoms with Crippen molar-refractivity contribution in [2.45, 2.75) is 31.8 Å². The van der Waals surface area contributed by atoms with Crippen molar-refractivity contribution in [3.8, 4) is 0 Å². The van der Waals surface area contributed by atoms with Crippen LogP contribution in [0.2, 0.25) is 0 Å². The van der Waals surface area contributed by atoms with Gasteiger partial charge in [0.1, 0.15) is 0 Å². The lowest BCUT2D eigenvalue weighted by Crippen LogP contribution is -2.27. The van der Waals surface area contributed by atoms with Gasteiger partial charge in [-0.1, -0.05) is 0 Å². The highest BCUT2D eigenvalue weighted by Gasteiger charge is 2.30. The maximum atomic E-state index is 9.24. The summed E-state index contributed by atoms with van der Waals surface area (Å²) in [7, 11) is 0. The van der Waals surface area contributed by atoms with E-state index in [1.807, 2.05) is 0 Å². The molecule has 1 saturated carbocycles. The van der Waals surface area contributed by atoms with Crippen molar-refractivity contribution < 1.29 is 5.11 Å². The molecule has 0 aromatic carbocycles. The van der Waals surface area contributed by atoms with Crippen LogP contribution in [0.1, 0.15) is 26.2 Å². The van der Waals surface area contributed by atoms with Crippen LogP contribution in [-0.2, 0) is 0 Å². The van der Waals surface area contributed by atoms with Gasteiger partial charge in [-0.15, -0.1) is 0 Å². The molecule has 1 aliphatic carbocycles. The van der Waals surface area contributed by atoms with E-state index >= 15 is 0 Å². The van der Waals surface area contributed by atoms with Crippen molar-refractivity contribution in [2.24, 2.45) is 0 Å². The normalized spacial score (nSPS) is 38.5. The Kier molecular flexibility index (Phi) is 1.12. The Balaban J connectivity index is 2.68. The monoisotopic (exact) mass is 113 g/mol. The molecule has 0 spiro atoms. The largest absolute Gasteiger partial charge is 0.384 e. The fourth-order valence-corrected chi connectivity index (χ4v) is 1.03. The van der Waals surface area contributed by atoms with Crippen molar-refractivity contribution in [1.82, 2.24) is 0 Å². The van der Waals surface area contributed by atoms with Crippen LogP contribution in [0.4, 0.5) is 0 Å². The minimum atomic E-state index is -0.764. The van der Waals surface area contributed by atoms with Gasteiger partial charge in [-0.05, 0) is 26.2 Å². The molecule has 0 bridgehead atoms. The van der Waals surface area contributed by atoms with E-state index < -0.39 is 5.60 Å². The third-order valence-corrected chi connectivity index (χ3v) is 1.74. The van der Waals surface area contributed by atoms with Crippen LogP contribution >= 0.6 is 0 Å². The molecule has 1 unspecified atom stereocenters. The number of hydrogen-bond donors (Lipinski definition) is 2.